The van der Waals surface area contributed by atoms with Gasteiger partial charge in [0.15, 0.2) is 0 Å². The van der Waals surface area contributed by atoms with Crippen LogP contribution in [0.1, 0.15) is 38.2 Å². The highest BCUT2D eigenvalue weighted by molar-refractivity contribution is 9.09. The Morgan fingerprint density at radius 1 is 1.26 bits per heavy atom. The van der Waals surface area contributed by atoms with Crippen LogP contribution in [0.5, 0.6) is 0 Å². The molecule has 2 unspecified atom stereocenters. The maximum atomic E-state index is 12.0. The highest BCUT2D eigenvalue weighted by atomic mass is 79.9. The summed E-state index contributed by atoms with van der Waals surface area (Å²) in [7, 11) is -3.22. The van der Waals surface area contributed by atoms with Gasteiger partial charge < -0.3 is 0 Å². The predicted molar refractivity (Wildman–Crippen MR) is 84.3 cm³/mol. The fraction of sp³-hybridized carbons (Fsp3) is 0.571. The van der Waals surface area contributed by atoms with Gasteiger partial charge in [-0.1, -0.05) is 66.5 Å². The normalized spacial score (nSPS) is 15.1. The molecule has 0 aliphatic carbocycles. The van der Waals surface area contributed by atoms with E-state index in [0.717, 1.165) is 18.4 Å². The molecular formula is C14H22BrNO2S. The molecular weight excluding hydrogens is 326 g/mol. The summed E-state index contributed by atoms with van der Waals surface area (Å²) < 4.78 is 26.7. The minimum atomic E-state index is -3.22. The lowest BCUT2D eigenvalue weighted by Gasteiger charge is -2.14. The molecule has 0 fully saturated rings. The van der Waals surface area contributed by atoms with Gasteiger partial charge in [-0.25, -0.2) is 13.1 Å². The summed E-state index contributed by atoms with van der Waals surface area (Å²) in [6.45, 7) is 4.48. The van der Waals surface area contributed by atoms with E-state index < -0.39 is 10.0 Å². The molecule has 0 heterocycles. The van der Waals surface area contributed by atoms with E-state index in [0.29, 0.717) is 6.54 Å². The summed E-state index contributed by atoms with van der Waals surface area (Å²) in [5, 5.41) is 0. The lowest BCUT2D eigenvalue weighted by Crippen LogP contribution is -2.33. The minimum Gasteiger partial charge on any atom is -0.214 e. The van der Waals surface area contributed by atoms with Crippen LogP contribution in [-0.4, -0.2) is 25.5 Å². The van der Waals surface area contributed by atoms with Gasteiger partial charge in [-0.2, -0.15) is 0 Å². The molecule has 0 bridgehead atoms. The van der Waals surface area contributed by atoms with Crippen LogP contribution in [-0.2, 0) is 10.0 Å². The van der Waals surface area contributed by atoms with Crippen molar-refractivity contribution in [3.8, 4) is 0 Å². The number of benzene rings is 1. The average Bonchev–Trinajstić information content (AvgIpc) is 2.37. The summed E-state index contributed by atoms with van der Waals surface area (Å²) in [5.74, 6) is 0.127. The molecule has 1 aromatic rings. The molecule has 0 amide bonds. The van der Waals surface area contributed by atoms with E-state index in [1.54, 1.807) is 0 Å². The fourth-order valence-corrected chi connectivity index (χ4v) is 4.16. The molecule has 2 atom stereocenters. The summed E-state index contributed by atoms with van der Waals surface area (Å²) in [5.41, 5.74) is 1.05. The predicted octanol–water partition coefficient (Wildman–Crippen LogP) is 3.27. The van der Waals surface area contributed by atoms with Crippen LogP contribution in [0, 0.1) is 0 Å². The Kier molecular flexibility index (Phi) is 7.04. The van der Waals surface area contributed by atoms with Crippen LogP contribution in [0.2, 0.25) is 0 Å². The van der Waals surface area contributed by atoms with E-state index in [1.165, 1.54) is 0 Å². The zero-order valence-corrected chi connectivity index (χ0v) is 13.9. The Bertz CT molecular complexity index is 462. The third kappa shape index (κ3) is 6.54. The number of alkyl halides is 1. The Balaban J connectivity index is 2.50. The maximum absolute atomic E-state index is 12.0. The number of rotatable bonds is 8. The van der Waals surface area contributed by atoms with E-state index >= 15 is 0 Å². The highest BCUT2D eigenvalue weighted by Crippen LogP contribution is 2.16. The summed E-state index contributed by atoms with van der Waals surface area (Å²) in [4.78, 5) is 0.208. The first-order valence-corrected chi connectivity index (χ1v) is 9.17. The fourth-order valence-electron chi connectivity index (χ4n) is 1.90. The van der Waals surface area contributed by atoms with Crippen molar-refractivity contribution in [2.75, 3.05) is 12.3 Å². The zero-order valence-electron chi connectivity index (χ0n) is 11.5. The SMILES string of the molecule is CCCC(Br)CNS(=O)(=O)CC(C)c1ccccc1. The van der Waals surface area contributed by atoms with E-state index in [4.69, 9.17) is 0 Å². The van der Waals surface area contributed by atoms with Crippen LogP contribution in [0.3, 0.4) is 0 Å². The molecule has 0 aromatic heterocycles. The largest absolute Gasteiger partial charge is 0.214 e. The quantitative estimate of drug-likeness (QED) is 0.733. The van der Waals surface area contributed by atoms with Crippen molar-refractivity contribution < 1.29 is 8.42 Å². The number of sulfonamides is 1. The van der Waals surface area contributed by atoms with E-state index in [2.05, 4.69) is 27.6 Å². The van der Waals surface area contributed by atoms with Crippen LogP contribution in [0.25, 0.3) is 0 Å². The Morgan fingerprint density at radius 2 is 1.89 bits per heavy atom. The molecule has 5 heteroatoms. The summed E-state index contributed by atoms with van der Waals surface area (Å²) >= 11 is 3.47. The van der Waals surface area contributed by atoms with Crippen molar-refractivity contribution in [1.29, 1.82) is 0 Å². The monoisotopic (exact) mass is 347 g/mol. The lowest BCUT2D eigenvalue weighted by molar-refractivity contribution is 0.573. The van der Waals surface area contributed by atoms with E-state index in [9.17, 15) is 8.42 Å². The average molecular weight is 348 g/mol. The first-order chi connectivity index (χ1) is 8.94. The van der Waals surface area contributed by atoms with E-state index in [-0.39, 0.29) is 16.5 Å². The van der Waals surface area contributed by atoms with Crippen LogP contribution in [0.15, 0.2) is 30.3 Å². The van der Waals surface area contributed by atoms with Crippen LogP contribution >= 0.6 is 15.9 Å². The van der Waals surface area contributed by atoms with Crippen molar-refractivity contribution >= 4 is 26.0 Å². The van der Waals surface area contributed by atoms with Crippen molar-refractivity contribution in [1.82, 2.24) is 4.72 Å². The van der Waals surface area contributed by atoms with Crippen molar-refractivity contribution in [3.05, 3.63) is 35.9 Å². The first kappa shape index (κ1) is 16.7. The molecule has 19 heavy (non-hydrogen) atoms. The standard InChI is InChI=1S/C14H22BrNO2S/c1-3-7-14(15)10-16-19(17,18)11-12(2)13-8-5-4-6-9-13/h4-6,8-9,12,14,16H,3,7,10-11H2,1-2H3. The van der Waals surface area contributed by atoms with Crippen molar-refractivity contribution in [3.63, 3.8) is 0 Å². The van der Waals surface area contributed by atoms with Gasteiger partial charge in [-0.05, 0) is 17.9 Å². The molecule has 0 radical (unpaired) electrons. The highest BCUT2D eigenvalue weighted by Gasteiger charge is 2.17. The number of halogens is 1. The van der Waals surface area contributed by atoms with Gasteiger partial charge >= 0.3 is 0 Å². The number of hydrogen-bond donors (Lipinski definition) is 1. The second kappa shape index (κ2) is 8.02. The van der Waals surface area contributed by atoms with Gasteiger partial charge in [0.05, 0.1) is 5.75 Å². The molecule has 0 spiro atoms. The van der Waals surface area contributed by atoms with Crippen molar-refractivity contribution in [2.45, 2.75) is 37.4 Å². The van der Waals surface area contributed by atoms with Gasteiger partial charge in [-0.3, -0.25) is 0 Å². The van der Waals surface area contributed by atoms with Crippen LogP contribution < -0.4 is 4.72 Å². The third-order valence-corrected chi connectivity index (χ3v) is 5.29. The molecule has 1 rings (SSSR count). The van der Waals surface area contributed by atoms with Crippen LogP contribution in [0.4, 0.5) is 0 Å². The molecule has 1 N–H and O–H groups in total. The van der Waals surface area contributed by atoms with Gasteiger partial charge in [0.1, 0.15) is 0 Å². The Hall–Kier alpha value is -0.390. The third-order valence-electron chi connectivity index (χ3n) is 2.96. The summed E-state index contributed by atoms with van der Waals surface area (Å²) in [6.07, 6.45) is 2.01. The second-order valence-corrected chi connectivity index (χ2v) is 7.97. The first-order valence-electron chi connectivity index (χ1n) is 6.61. The van der Waals surface area contributed by atoms with Gasteiger partial charge in [-0.15, -0.1) is 0 Å². The molecule has 0 aliphatic rings. The molecule has 3 nitrogen and oxygen atoms in total. The molecule has 1 aromatic carbocycles. The molecule has 0 saturated carbocycles. The Labute approximate surface area is 125 Å². The Morgan fingerprint density at radius 3 is 2.47 bits per heavy atom. The lowest BCUT2D eigenvalue weighted by atomic mass is 10.0. The number of hydrogen-bond acceptors (Lipinski definition) is 2. The summed E-state index contributed by atoms with van der Waals surface area (Å²) in [6, 6.07) is 9.72. The van der Waals surface area contributed by atoms with Gasteiger partial charge in [0, 0.05) is 11.4 Å². The maximum Gasteiger partial charge on any atom is 0.212 e. The minimum absolute atomic E-state index is 0.00125. The van der Waals surface area contributed by atoms with E-state index in [1.807, 2.05) is 37.3 Å². The second-order valence-electron chi connectivity index (χ2n) is 4.83. The molecule has 0 saturated heterocycles. The number of nitrogens with one attached hydrogen (secondary N) is 1. The molecule has 0 aliphatic heterocycles. The topological polar surface area (TPSA) is 46.2 Å². The molecule has 108 valence electrons. The van der Waals surface area contributed by atoms with Gasteiger partial charge in [0.2, 0.25) is 10.0 Å². The van der Waals surface area contributed by atoms with Gasteiger partial charge in [0.25, 0.3) is 0 Å². The zero-order chi connectivity index (χ0) is 14.3. The van der Waals surface area contributed by atoms with Crippen molar-refractivity contribution in [2.24, 2.45) is 0 Å². The smallest absolute Gasteiger partial charge is 0.212 e.